The van der Waals surface area contributed by atoms with Crippen molar-refractivity contribution >= 4 is 28.1 Å². The monoisotopic (exact) mass is 292 g/mol. The predicted octanol–water partition coefficient (Wildman–Crippen LogP) is 1.87. The van der Waals surface area contributed by atoms with Crippen molar-refractivity contribution in [2.45, 2.75) is 13.5 Å². The Balaban J connectivity index is 2.10. The zero-order valence-electron chi connectivity index (χ0n) is 10.6. The van der Waals surface area contributed by atoms with Crippen LogP contribution in [0.15, 0.2) is 23.6 Å². The molecule has 0 atom stereocenters. The van der Waals surface area contributed by atoms with E-state index in [9.17, 15) is 14.9 Å². The molecule has 1 heterocycles. The number of nitrogen functional groups attached to an aromatic ring is 1. The Morgan fingerprint density at radius 2 is 2.30 bits per heavy atom. The normalized spacial score (nSPS) is 10.2. The van der Waals surface area contributed by atoms with Crippen LogP contribution in [0.25, 0.3) is 0 Å². The molecule has 0 bridgehead atoms. The molecule has 0 aliphatic carbocycles. The highest BCUT2D eigenvalue weighted by Crippen LogP contribution is 2.21. The number of thiazole rings is 1. The molecule has 2 rings (SSSR count). The number of aromatic nitrogens is 1. The molecular formula is C12H12N4O3S. The van der Waals surface area contributed by atoms with E-state index in [0.717, 1.165) is 0 Å². The molecule has 3 N–H and O–H groups in total. The molecule has 0 unspecified atom stereocenters. The molecule has 0 radical (unpaired) electrons. The average molecular weight is 292 g/mol. The SMILES string of the molecule is Cc1c(CNC(=O)c2csc(N)n2)cccc1[N+](=O)[O-]. The fraction of sp³-hybridized carbons (Fsp3) is 0.167. The number of nitro groups is 1. The Kier molecular flexibility index (Phi) is 3.94. The Morgan fingerprint density at radius 3 is 2.90 bits per heavy atom. The lowest BCUT2D eigenvalue weighted by Gasteiger charge is -2.07. The highest BCUT2D eigenvalue weighted by molar-refractivity contribution is 7.13. The second-order valence-electron chi connectivity index (χ2n) is 4.07. The molecular weight excluding hydrogens is 280 g/mol. The van der Waals surface area contributed by atoms with Gasteiger partial charge in [0, 0.05) is 23.6 Å². The minimum absolute atomic E-state index is 0.0367. The Bertz CT molecular complexity index is 668. The summed E-state index contributed by atoms with van der Waals surface area (Å²) in [7, 11) is 0. The van der Waals surface area contributed by atoms with E-state index in [-0.39, 0.29) is 23.8 Å². The van der Waals surface area contributed by atoms with Crippen molar-refractivity contribution in [1.29, 1.82) is 0 Å². The van der Waals surface area contributed by atoms with Crippen LogP contribution < -0.4 is 11.1 Å². The van der Waals surface area contributed by atoms with Gasteiger partial charge >= 0.3 is 0 Å². The van der Waals surface area contributed by atoms with Gasteiger partial charge in [0.2, 0.25) is 0 Å². The molecule has 104 valence electrons. The Labute approximate surface area is 118 Å². The third-order valence-corrected chi connectivity index (χ3v) is 3.48. The fourth-order valence-electron chi connectivity index (χ4n) is 1.72. The first-order chi connectivity index (χ1) is 9.49. The summed E-state index contributed by atoms with van der Waals surface area (Å²) in [6.07, 6.45) is 0. The van der Waals surface area contributed by atoms with Crippen LogP contribution in [0.1, 0.15) is 21.6 Å². The number of hydrogen-bond acceptors (Lipinski definition) is 6. The van der Waals surface area contributed by atoms with Crippen LogP contribution in [0.5, 0.6) is 0 Å². The number of amides is 1. The van der Waals surface area contributed by atoms with Crippen LogP contribution in [-0.4, -0.2) is 15.8 Å². The van der Waals surface area contributed by atoms with Crippen molar-refractivity contribution in [1.82, 2.24) is 10.3 Å². The van der Waals surface area contributed by atoms with E-state index in [0.29, 0.717) is 16.3 Å². The zero-order chi connectivity index (χ0) is 14.7. The molecule has 0 aliphatic heterocycles. The summed E-state index contributed by atoms with van der Waals surface area (Å²) in [6.45, 7) is 1.85. The van der Waals surface area contributed by atoms with Gasteiger partial charge in [0.05, 0.1) is 4.92 Å². The van der Waals surface area contributed by atoms with Crippen molar-refractivity contribution in [3.8, 4) is 0 Å². The van der Waals surface area contributed by atoms with Crippen molar-refractivity contribution in [2.75, 3.05) is 5.73 Å². The standard InChI is InChI=1S/C12H12N4O3S/c1-7-8(3-2-4-10(7)16(18)19)5-14-11(17)9-6-20-12(13)15-9/h2-4,6H,5H2,1H3,(H2,13,15)(H,14,17). The van der Waals surface area contributed by atoms with E-state index in [1.807, 2.05) is 0 Å². The lowest BCUT2D eigenvalue weighted by Crippen LogP contribution is -2.23. The minimum Gasteiger partial charge on any atom is -0.375 e. The van der Waals surface area contributed by atoms with Gasteiger partial charge in [-0.3, -0.25) is 14.9 Å². The molecule has 0 saturated heterocycles. The van der Waals surface area contributed by atoms with Gasteiger partial charge in [0.1, 0.15) is 5.69 Å². The number of nitrogens with one attached hydrogen (secondary N) is 1. The molecule has 1 aromatic heterocycles. The maximum Gasteiger partial charge on any atom is 0.272 e. The Hall–Kier alpha value is -2.48. The van der Waals surface area contributed by atoms with Crippen LogP contribution in [0.2, 0.25) is 0 Å². The quantitative estimate of drug-likeness (QED) is 0.660. The number of nitrogens with zero attached hydrogens (tertiary/aromatic N) is 2. The number of carbonyl (C=O) groups is 1. The minimum atomic E-state index is -0.443. The lowest BCUT2D eigenvalue weighted by molar-refractivity contribution is -0.385. The van der Waals surface area contributed by atoms with E-state index >= 15 is 0 Å². The van der Waals surface area contributed by atoms with E-state index in [2.05, 4.69) is 10.3 Å². The van der Waals surface area contributed by atoms with Crippen LogP contribution in [-0.2, 0) is 6.54 Å². The molecule has 1 aromatic carbocycles. The van der Waals surface area contributed by atoms with Gasteiger partial charge in [-0.25, -0.2) is 4.98 Å². The highest BCUT2D eigenvalue weighted by atomic mass is 32.1. The predicted molar refractivity (Wildman–Crippen MR) is 75.5 cm³/mol. The molecule has 0 aliphatic rings. The van der Waals surface area contributed by atoms with Crippen LogP contribution in [0.4, 0.5) is 10.8 Å². The number of nitrogens with two attached hydrogens (primary N) is 1. The van der Waals surface area contributed by atoms with Gasteiger partial charge in [0.25, 0.3) is 11.6 Å². The first-order valence-electron chi connectivity index (χ1n) is 5.71. The number of benzene rings is 1. The van der Waals surface area contributed by atoms with Gasteiger partial charge in [0.15, 0.2) is 5.13 Å². The molecule has 1 amide bonds. The summed E-state index contributed by atoms with van der Waals surface area (Å²) in [5, 5.41) is 15.4. The van der Waals surface area contributed by atoms with E-state index in [1.54, 1.807) is 24.4 Å². The van der Waals surface area contributed by atoms with Crippen molar-refractivity contribution in [3.63, 3.8) is 0 Å². The summed E-state index contributed by atoms with van der Waals surface area (Å²) in [5.41, 5.74) is 6.96. The summed E-state index contributed by atoms with van der Waals surface area (Å²) in [6, 6.07) is 4.76. The van der Waals surface area contributed by atoms with Crippen molar-refractivity contribution in [3.05, 3.63) is 50.5 Å². The second-order valence-corrected chi connectivity index (χ2v) is 4.96. The van der Waals surface area contributed by atoms with Crippen LogP contribution in [0.3, 0.4) is 0 Å². The van der Waals surface area contributed by atoms with Crippen molar-refractivity contribution in [2.24, 2.45) is 0 Å². The van der Waals surface area contributed by atoms with Gasteiger partial charge in [-0.1, -0.05) is 12.1 Å². The second kappa shape index (κ2) is 5.66. The number of rotatable bonds is 4. The molecule has 2 aromatic rings. The molecule has 0 fully saturated rings. The molecule has 20 heavy (non-hydrogen) atoms. The third-order valence-electron chi connectivity index (χ3n) is 2.81. The molecule has 7 nitrogen and oxygen atoms in total. The zero-order valence-corrected chi connectivity index (χ0v) is 11.4. The summed E-state index contributed by atoms with van der Waals surface area (Å²) in [4.78, 5) is 26.1. The van der Waals surface area contributed by atoms with Crippen molar-refractivity contribution < 1.29 is 9.72 Å². The largest absolute Gasteiger partial charge is 0.375 e. The molecule has 0 saturated carbocycles. The van der Waals surface area contributed by atoms with E-state index in [1.165, 1.54) is 17.4 Å². The number of nitro benzene ring substituents is 1. The number of hydrogen-bond donors (Lipinski definition) is 2. The molecule has 8 heteroatoms. The van der Waals surface area contributed by atoms with Crippen LogP contribution >= 0.6 is 11.3 Å². The third kappa shape index (κ3) is 2.91. The van der Waals surface area contributed by atoms with Gasteiger partial charge in [-0.05, 0) is 12.5 Å². The maximum absolute atomic E-state index is 11.8. The number of carbonyl (C=O) groups excluding carboxylic acids is 1. The number of anilines is 1. The summed E-state index contributed by atoms with van der Waals surface area (Å²) >= 11 is 1.18. The fourth-order valence-corrected chi connectivity index (χ4v) is 2.26. The smallest absolute Gasteiger partial charge is 0.272 e. The lowest BCUT2D eigenvalue weighted by atomic mass is 10.1. The first-order valence-corrected chi connectivity index (χ1v) is 6.59. The topological polar surface area (TPSA) is 111 Å². The molecule has 0 spiro atoms. The first kappa shape index (κ1) is 13.9. The highest BCUT2D eigenvalue weighted by Gasteiger charge is 2.14. The summed E-state index contributed by atoms with van der Waals surface area (Å²) in [5.74, 6) is -0.358. The van der Waals surface area contributed by atoms with E-state index < -0.39 is 4.92 Å². The average Bonchev–Trinajstić information content (AvgIpc) is 2.83. The van der Waals surface area contributed by atoms with Gasteiger partial charge in [-0.2, -0.15) is 0 Å². The van der Waals surface area contributed by atoms with Gasteiger partial charge in [-0.15, -0.1) is 11.3 Å². The van der Waals surface area contributed by atoms with Crippen LogP contribution in [0, 0.1) is 17.0 Å². The maximum atomic E-state index is 11.8. The van der Waals surface area contributed by atoms with Gasteiger partial charge < -0.3 is 11.1 Å². The summed E-state index contributed by atoms with van der Waals surface area (Å²) < 4.78 is 0. The Morgan fingerprint density at radius 1 is 1.55 bits per heavy atom. The van der Waals surface area contributed by atoms with E-state index in [4.69, 9.17) is 5.73 Å².